The molecule has 2 aromatic carbocycles. The molecule has 4 atom stereocenters. The van der Waals surface area contributed by atoms with Crippen LogP contribution in [0.3, 0.4) is 0 Å². The molecule has 0 bridgehead atoms. The summed E-state index contributed by atoms with van der Waals surface area (Å²) in [6.45, 7) is 10.4. The second-order valence-corrected chi connectivity index (χ2v) is 21.0. The molecule has 0 saturated carbocycles. The van der Waals surface area contributed by atoms with Crippen LogP contribution < -0.4 is 0 Å². The average Bonchev–Trinajstić information content (AvgIpc) is 3.68. The van der Waals surface area contributed by atoms with Crippen LogP contribution >= 0.6 is 73.7 Å². The number of nitrogens with zero attached hydrogens (tertiary/aromatic N) is 2. The summed E-state index contributed by atoms with van der Waals surface area (Å²) in [5, 5.41) is 2.20. The molecule has 4 aromatic rings. The first-order chi connectivity index (χ1) is 22.0. The Kier molecular flexibility index (Phi) is 17.5. The molecule has 6 nitrogen and oxygen atoms in total. The van der Waals surface area contributed by atoms with Crippen LogP contribution in [0.5, 0.6) is 0 Å². The summed E-state index contributed by atoms with van der Waals surface area (Å²) >= 11 is 3.50. The summed E-state index contributed by atoms with van der Waals surface area (Å²) in [4.78, 5) is 9.99. The van der Waals surface area contributed by atoms with E-state index in [2.05, 4.69) is 56.9 Å². The third-order valence-corrected chi connectivity index (χ3v) is 19.1. The van der Waals surface area contributed by atoms with E-state index in [1.807, 2.05) is 61.4 Å². The van der Waals surface area contributed by atoms with Crippen molar-refractivity contribution in [3.63, 3.8) is 0 Å². The van der Waals surface area contributed by atoms with Gasteiger partial charge in [-0.05, 0) is 81.4 Å². The number of ether oxygens (including phenoxy) is 4. The largest absolute Gasteiger partial charge is 0.353 e. The molecule has 45 heavy (non-hydrogen) atoms. The normalized spacial score (nSPS) is 14.9. The zero-order chi connectivity index (χ0) is 32.0. The average molecular weight is 771 g/mol. The van der Waals surface area contributed by atoms with E-state index in [0.717, 1.165) is 32.6 Å². The third kappa shape index (κ3) is 11.1. The van der Waals surface area contributed by atoms with Gasteiger partial charge in [0.1, 0.15) is 0 Å². The third-order valence-electron chi connectivity index (χ3n) is 6.68. The van der Waals surface area contributed by atoms with Crippen molar-refractivity contribution in [3.8, 4) is 0 Å². The van der Waals surface area contributed by atoms with E-state index < -0.39 is 0 Å². The van der Waals surface area contributed by atoms with Crippen molar-refractivity contribution in [1.29, 1.82) is 0 Å². The van der Waals surface area contributed by atoms with Crippen molar-refractivity contribution in [2.45, 2.75) is 63.2 Å². The lowest BCUT2D eigenvalue weighted by Crippen LogP contribution is -2.29. The fourth-order valence-electron chi connectivity index (χ4n) is 4.55. The number of hydrogen-bond acceptors (Lipinski definition) is 13. The Morgan fingerprint density at radius 2 is 0.978 bits per heavy atom. The maximum Gasteiger partial charge on any atom is 0.157 e. The number of hydrogen-bond donors (Lipinski definition) is 0. The van der Waals surface area contributed by atoms with Gasteiger partial charge in [0.25, 0.3) is 0 Å². The molecule has 0 amide bonds. The molecule has 0 spiro atoms. The van der Waals surface area contributed by atoms with Crippen LogP contribution in [0.2, 0.25) is 11.1 Å². The molecule has 6 radical (unpaired) electrons. The molecule has 0 aliphatic carbocycles. The Bertz CT molecular complexity index is 1230. The molecular formula is C30H38N2O4S7Si2. The zero-order valence-electron chi connectivity index (χ0n) is 25.7. The number of para-hydroxylation sites is 2. The molecule has 0 aliphatic heterocycles. The van der Waals surface area contributed by atoms with Crippen LogP contribution in [0.1, 0.15) is 49.5 Å². The molecule has 0 fully saturated rings. The van der Waals surface area contributed by atoms with E-state index in [0.29, 0.717) is 26.4 Å². The van der Waals surface area contributed by atoms with Crippen LogP contribution in [0.25, 0.3) is 20.4 Å². The van der Waals surface area contributed by atoms with Gasteiger partial charge in [-0.2, -0.15) is 0 Å². The van der Waals surface area contributed by atoms with Crippen LogP contribution in [-0.4, -0.2) is 81.0 Å². The Morgan fingerprint density at radius 1 is 0.600 bits per heavy atom. The van der Waals surface area contributed by atoms with Gasteiger partial charge < -0.3 is 18.9 Å². The zero-order valence-corrected chi connectivity index (χ0v) is 33.4. The van der Waals surface area contributed by atoms with Gasteiger partial charge in [0.05, 0.1) is 30.4 Å². The highest BCUT2D eigenvalue weighted by atomic mass is 33.8. The highest BCUT2D eigenvalue weighted by molar-refractivity contribution is 9.35. The van der Waals surface area contributed by atoms with Gasteiger partial charge in [0.2, 0.25) is 0 Å². The van der Waals surface area contributed by atoms with Crippen LogP contribution in [0.15, 0.2) is 48.5 Å². The minimum atomic E-state index is -0.342. The fourth-order valence-corrected chi connectivity index (χ4v) is 17.8. The Balaban J connectivity index is 1.36. The minimum absolute atomic E-state index is 0.0283. The van der Waals surface area contributed by atoms with Crippen molar-refractivity contribution >= 4 is 115 Å². The summed E-state index contributed by atoms with van der Waals surface area (Å²) in [6.07, 6.45) is -0.684. The highest BCUT2D eigenvalue weighted by Gasteiger charge is 2.32. The van der Waals surface area contributed by atoms with Gasteiger partial charge in [-0.25, -0.2) is 9.97 Å². The van der Waals surface area contributed by atoms with E-state index in [4.69, 9.17) is 28.9 Å². The van der Waals surface area contributed by atoms with E-state index >= 15 is 0 Å². The molecule has 2 aromatic heterocycles. The van der Waals surface area contributed by atoms with E-state index in [1.165, 1.54) is 9.40 Å². The quantitative estimate of drug-likeness (QED) is 0.0332. The number of aromatic nitrogens is 2. The minimum Gasteiger partial charge on any atom is -0.353 e. The standard InChI is InChI=1S/C30H38N2O4S7Si2/c1-5-33-29(34-6-2)25(44)19(27-31-21-13-9-11-15-23(21)39-27)17-37-41-43-42-38-18-20(26(45)30(35-7-3)36-8-4)28-32-22-14-10-12-16-24(22)40-28/h9-16,19-20,25-26,29-30H,5-8,17-18H2,1-4H3. The molecule has 2 heterocycles. The van der Waals surface area contributed by atoms with Crippen LogP contribution in [-0.2, 0) is 18.9 Å². The first-order valence-electron chi connectivity index (χ1n) is 14.8. The monoisotopic (exact) mass is 770 g/mol. The van der Waals surface area contributed by atoms with Crippen LogP contribution in [0.4, 0.5) is 0 Å². The SMILES string of the molecule is CCOC(OCC)C([Si])C(CSSSSSCC(c1nc2ccccc2s1)C([Si])C(OCC)OCC)c1nc2ccccc2s1. The number of rotatable bonds is 22. The lowest BCUT2D eigenvalue weighted by molar-refractivity contribution is -0.140. The van der Waals surface area contributed by atoms with Gasteiger partial charge in [0.15, 0.2) is 12.6 Å². The Hall–Kier alpha value is 0.244. The maximum atomic E-state index is 5.98. The van der Waals surface area contributed by atoms with Gasteiger partial charge >= 0.3 is 0 Å². The summed E-state index contributed by atoms with van der Waals surface area (Å²) < 4.78 is 26.3. The second-order valence-electron chi connectivity index (χ2n) is 9.64. The van der Waals surface area contributed by atoms with E-state index in [9.17, 15) is 0 Å². The summed E-state index contributed by atoms with van der Waals surface area (Å²) in [5.41, 5.74) is 2.01. The fraction of sp³-hybridized carbons (Fsp3) is 0.533. The van der Waals surface area contributed by atoms with Crippen molar-refractivity contribution in [2.75, 3.05) is 37.9 Å². The van der Waals surface area contributed by atoms with Crippen molar-refractivity contribution in [3.05, 3.63) is 58.5 Å². The van der Waals surface area contributed by atoms with E-state index in [-0.39, 0.29) is 35.5 Å². The lowest BCUT2D eigenvalue weighted by Gasteiger charge is -2.29. The molecule has 0 N–H and O–H groups in total. The molecule has 0 aliphatic rings. The van der Waals surface area contributed by atoms with Gasteiger partial charge in [-0.3, -0.25) is 0 Å². The van der Waals surface area contributed by atoms with E-state index in [1.54, 1.807) is 52.2 Å². The van der Waals surface area contributed by atoms with Crippen molar-refractivity contribution < 1.29 is 18.9 Å². The molecular weight excluding hydrogens is 733 g/mol. The predicted molar refractivity (Wildman–Crippen MR) is 205 cm³/mol. The number of thiazole rings is 2. The summed E-state index contributed by atoms with van der Waals surface area (Å²) in [5.74, 6) is 2.00. The van der Waals surface area contributed by atoms with Gasteiger partial charge in [-0.1, -0.05) is 45.9 Å². The first kappa shape index (κ1) is 38.1. The topological polar surface area (TPSA) is 62.7 Å². The summed E-state index contributed by atoms with van der Waals surface area (Å²) in [7, 11) is 17.1. The van der Waals surface area contributed by atoms with Crippen LogP contribution in [0, 0.1) is 0 Å². The predicted octanol–water partition coefficient (Wildman–Crippen LogP) is 9.81. The molecule has 0 saturated heterocycles. The Morgan fingerprint density at radius 3 is 1.33 bits per heavy atom. The summed E-state index contributed by atoms with van der Waals surface area (Å²) in [6, 6.07) is 16.6. The molecule has 242 valence electrons. The molecule has 4 rings (SSSR count). The molecule has 4 unspecified atom stereocenters. The van der Waals surface area contributed by atoms with Gasteiger partial charge in [-0.15, -0.1) is 22.7 Å². The second kappa shape index (κ2) is 20.7. The van der Waals surface area contributed by atoms with Crippen molar-refractivity contribution in [2.24, 2.45) is 0 Å². The number of benzene rings is 2. The maximum absolute atomic E-state index is 5.98. The number of fused-ring (bicyclic) bond motifs is 2. The highest BCUT2D eigenvalue weighted by Crippen LogP contribution is 2.52. The molecule has 15 heteroatoms. The Labute approximate surface area is 300 Å². The smallest absolute Gasteiger partial charge is 0.157 e. The van der Waals surface area contributed by atoms with Crippen molar-refractivity contribution in [1.82, 2.24) is 9.97 Å². The lowest BCUT2D eigenvalue weighted by atomic mass is 10.1. The van der Waals surface area contributed by atoms with Gasteiger partial charge in [0, 0.05) is 81.3 Å². The first-order valence-corrected chi connectivity index (χ1v) is 24.1.